The zero-order chi connectivity index (χ0) is 23.2. The van der Waals surface area contributed by atoms with Crippen molar-refractivity contribution >= 4 is 11.5 Å². The molecule has 0 amide bonds. The van der Waals surface area contributed by atoms with Crippen LogP contribution in [0.15, 0.2) is 30.5 Å². The molecule has 4 heterocycles. The molecule has 2 aromatic heterocycles. The summed E-state index contributed by atoms with van der Waals surface area (Å²) in [4.78, 5) is 16.1. The molecule has 0 aliphatic carbocycles. The Hall–Kier alpha value is -3.84. The third kappa shape index (κ3) is 4.15. The number of aryl methyl sites for hydroxylation is 1. The van der Waals surface area contributed by atoms with E-state index in [-0.39, 0.29) is 43.5 Å². The lowest BCUT2D eigenvalue weighted by Crippen LogP contribution is -2.35. The summed E-state index contributed by atoms with van der Waals surface area (Å²) < 4.78 is 53.2. The molecule has 0 bridgehead atoms. The van der Waals surface area contributed by atoms with Gasteiger partial charge in [0.25, 0.3) is 0 Å². The number of nitro groups is 1. The molecule has 0 saturated carbocycles. The number of alkyl halides is 3. The number of hydrogen-bond donors (Lipinski definition) is 0. The van der Waals surface area contributed by atoms with E-state index in [2.05, 4.69) is 15.2 Å². The zero-order valence-electron chi connectivity index (χ0n) is 17.1. The SMILES string of the molecule is O=[N+]([O-])c1cn2c(n1)O[C@@H](COc1ccc(N3CCn4c(nnc4C(F)(F)F)C3)cc1)CC2. The molecular weight excluding hydrogens is 447 g/mol. The van der Waals surface area contributed by atoms with E-state index < -0.39 is 16.9 Å². The Kier molecular flexibility index (Phi) is 5.06. The molecule has 1 atom stereocenters. The highest BCUT2D eigenvalue weighted by Gasteiger charge is 2.39. The number of ether oxygens (including phenoxy) is 2. The summed E-state index contributed by atoms with van der Waals surface area (Å²) >= 11 is 0. The minimum Gasteiger partial charge on any atom is -0.490 e. The molecule has 0 fully saturated rings. The lowest BCUT2D eigenvalue weighted by molar-refractivity contribution is -0.389. The van der Waals surface area contributed by atoms with Crippen molar-refractivity contribution in [3.8, 4) is 11.8 Å². The van der Waals surface area contributed by atoms with Crippen molar-refractivity contribution in [2.45, 2.75) is 38.3 Å². The topological polar surface area (TPSA) is 113 Å². The van der Waals surface area contributed by atoms with Gasteiger partial charge in [-0.2, -0.15) is 13.2 Å². The standard InChI is InChI=1S/C19H18F3N7O4/c20-19(21,22)17-25-24-16-10-26(7-8-28(16)17)12-1-3-13(4-2-12)32-11-14-5-6-27-9-15(29(30)31)23-18(27)33-14/h1-4,9,14H,5-8,10-11H2/t14-/m1/s1. The van der Waals surface area contributed by atoms with Gasteiger partial charge in [-0.25, -0.2) is 0 Å². The van der Waals surface area contributed by atoms with Crippen LogP contribution in [0, 0.1) is 10.1 Å². The van der Waals surface area contributed by atoms with E-state index in [0.717, 1.165) is 10.3 Å². The first kappa shape index (κ1) is 21.0. The quantitative estimate of drug-likeness (QED) is 0.418. The van der Waals surface area contributed by atoms with Crippen LogP contribution in [0.1, 0.15) is 18.1 Å². The molecule has 174 valence electrons. The van der Waals surface area contributed by atoms with Crippen LogP contribution in [0.5, 0.6) is 11.8 Å². The molecule has 2 aliphatic heterocycles. The molecule has 0 radical (unpaired) electrons. The van der Waals surface area contributed by atoms with Crippen LogP contribution in [0.25, 0.3) is 0 Å². The van der Waals surface area contributed by atoms with E-state index in [9.17, 15) is 23.3 Å². The van der Waals surface area contributed by atoms with Gasteiger partial charge in [-0.05, 0) is 29.2 Å². The predicted molar refractivity (Wildman–Crippen MR) is 106 cm³/mol. The van der Waals surface area contributed by atoms with Crippen LogP contribution < -0.4 is 14.4 Å². The average Bonchev–Trinajstić information content (AvgIpc) is 3.41. The highest BCUT2D eigenvalue weighted by atomic mass is 19.4. The molecule has 0 spiro atoms. The lowest BCUT2D eigenvalue weighted by atomic mass is 10.2. The van der Waals surface area contributed by atoms with Crippen molar-refractivity contribution in [1.29, 1.82) is 0 Å². The molecule has 0 N–H and O–H groups in total. The van der Waals surface area contributed by atoms with Gasteiger partial charge in [0, 0.05) is 36.7 Å². The normalized spacial score (nSPS) is 17.8. The number of hydrogen-bond acceptors (Lipinski definition) is 8. The number of rotatable bonds is 5. The van der Waals surface area contributed by atoms with Gasteiger partial charge in [0.15, 0.2) is 5.82 Å². The van der Waals surface area contributed by atoms with Gasteiger partial charge in [0.1, 0.15) is 24.7 Å². The number of anilines is 1. The van der Waals surface area contributed by atoms with E-state index in [1.165, 1.54) is 6.20 Å². The second-order valence-electron chi connectivity index (χ2n) is 7.68. The number of nitrogens with zero attached hydrogens (tertiary/aromatic N) is 7. The summed E-state index contributed by atoms with van der Waals surface area (Å²) in [5, 5.41) is 17.8. The second-order valence-corrected chi connectivity index (χ2v) is 7.68. The van der Waals surface area contributed by atoms with Crippen molar-refractivity contribution in [2.75, 3.05) is 18.1 Å². The maximum atomic E-state index is 13.0. The van der Waals surface area contributed by atoms with E-state index in [1.54, 1.807) is 16.7 Å². The predicted octanol–water partition coefficient (Wildman–Crippen LogP) is 2.65. The van der Waals surface area contributed by atoms with Gasteiger partial charge in [-0.3, -0.25) is 4.57 Å². The summed E-state index contributed by atoms with van der Waals surface area (Å²) in [5.41, 5.74) is 0.827. The molecular formula is C19H18F3N7O4. The smallest absolute Gasteiger partial charge is 0.451 e. The number of aromatic nitrogens is 5. The Balaban J connectivity index is 1.18. The molecule has 0 saturated heterocycles. The van der Waals surface area contributed by atoms with Crippen LogP contribution in [-0.2, 0) is 25.8 Å². The molecule has 33 heavy (non-hydrogen) atoms. The van der Waals surface area contributed by atoms with E-state index in [0.29, 0.717) is 25.3 Å². The zero-order valence-corrected chi connectivity index (χ0v) is 17.1. The maximum absolute atomic E-state index is 13.0. The third-order valence-electron chi connectivity index (χ3n) is 5.52. The molecule has 14 heteroatoms. The van der Waals surface area contributed by atoms with Crippen LogP contribution in [0.4, 0.5) is 24.7 Å². The first-order valence-corrected chi connectivity index (χ1v) is 10.1. The Morgan fingerprint density at radius 3 is 2.70 bits per heavy atom. The third-order valence-corrected chi connectivity index (χ3v) is 5.52. The molecule has 3 aromatic rings. The summed E-state index contributed by atoms with van der Waals surface area (Å²) in [6.45, 7) is 1.54. The summed E-state index contributed by atoms with van der Waals surface area (Å²) in [6.07, 6.45) is -2.86. The minimum absolute atomic E-state index is 0.141. The minimum atomic E-state index is -4.53. The fraction of sp³-hybridized carbons (Fsp3) is 0.421. The molecule has 11 nitrogen and oxygen atoms in total. The Bertz CT molecular complexity index is 1180. The largest absolute Gasteiger partial charge is 0.490 e. The van der Waals surface area contributed by atoms with Gasteiger partial charge in [0.05, 0.1) is 6.54 Å². The summed E-state index contributed by atoms with van der Waals surface area (Å²) in [7, 11) is 0. The fourth-order valence-corrected chi connectivity index (χ4v) is 3.87. The van der Waals surface area contributed by atoms with Gasteiger partial charge in [-0.15, -0.1) is 10.2 Å². The van der Waals surface area contributed by atoms with Crippen molar-refractivity contribution in [3.63, 3.8) is 0 Å². The van der Waals surface area contributed by atoms with E-state index in [4.69, 9.17) is 9.47 Å². The molecule has 5 rings (SSSR count). The Morgan fingerprint density at radius 1 is 1.18 bits per heavy atom. The number of fused-ring (bicyclic) bond motifs is 2. The number of benzene rings is 1. The van der Waals surface area contributed by atoms with E-state index in [1.807, 2.05) is 17.0 Å². The van der Waals surface area contributed by atoms with Crippen molar-refractivity contribution in [2.24, 2.45) is 0 Å². The highest BCUT2D eigenvalue weighted by molar-refractivity contribution is 5.49. The Morgan fingerprint density at radius 2 is 1.97 bits per heavy atom. The average molecular weight is 465 g/mol. The number of imidazole rings is 1. The summed E-state index contributed by atoms with van der Waals surface area (Å²) in [5.74, 6) is -0.362. The second kappa shape index (κ2) is 7.94. The van der Waals surface area contributed by atoms with Gasteiger partial charge in [-0.1, -0.05) is 0 Å². The van der Waals surface area contributed by atoms with Crippen molar-refractivity contribution in [3.05, 3.63) is 52.2 Å². The maximum Gasteiger partial charge on any atom is 0.451 e. The van der Waals surface area contributed by atoms with Crippen LogP contribution in [-0.4, -0.2) is 48.5 Å². The number of halogens is 3. The lowest BCUT2D eigenvalue weighted by Gasteiger charge is -2.30. The molecule has 0 unspecified atom stereocenters. The van der Waals surface area contributed by atoms with Crippen LogP contribution >= 0.6 is 0 Å². The summed E-state index contributed by atoms with van der Waals surface area (Å²) in [6, 6.07) is 7.38. The Labute approximate surface area is 184 Å². The van der Waals surface area contributed by atoms with Gasteiger partial charge >= 0.3 is 18.0 Å². The highest BCUT2D eigenvalue weighted by Crippen LogP contribution is 2.31. The van der Waals surface area contributed by atoms with Gasteiger partial charge in [0.2, 0.25) is 5.82 Å². The van der Waals surface area contributed by atoms with Crippen LogP contribution in [0.3, 0.4) is 0 Å². The van der Waals surface area contributed by atoms with Crippen LogP contribution in [0.2, 0.25) is 0 Å². The first-order valence-electron chi connectivity index (χ1n) is 10.1. The molecule has 1 aromatic carbocycles. The van der Waals surface area contributed by atoms with E-state index >= 15 is 0 Å². The van der Waals surface area contributed by atoms with Crippen molar-refractivity contribution in [1.82, 2.24) is 24.3 Å². The molecule has 2 aliphatic rings. The van der Waals surface area contributed by atoms with Crippen molar-refractivity contribution < 1.29 is 27.6 Å². The monoisotopic (exact) mass is 465 g/mol. The van der Waals surface area contributed by atoms with Gasteiger partial charge < -0.3 is 29.1 Å². The fourth-order valence-electron chi connectivity index (χ4n) is 3.87. The first-order chi connectivity index (χ1) is 15.8.